The van der Waals surface area contributed by atoms with Crippen LogP contribution < -0.4 is 0 Å². The molecule has 0 aliphatic heterocycles. The molecule has 72 valence electrons. The minimum atomic E-state index is 0.218. The number of allylic oxidation sites excluding steroid dienone is 2. The van der Waals surface area contributed by atoms with Crippen molar-refractivity contribution in [3.8, 4) is 0 Å². The van der Waals surface area contributed by atoms with E-state index in [2.05, 4.69) is 13.8 Å². The Labute approximate surface area is 80.2 Å². The fourth-order valence-electron chi connectivity index (χ4n) is 3.20. The Bertz CT molecular complexity index is 273. The molecule has 0 spiro atoms. The number of hydrogen-bond donors (Lipinski definition) is 0. The normalized spacial score (nSPS) is 38.5. The Hall–Kier alpha value is -0.590. The molecule has 2 aliphatic rings. The van der Waals surface area contributed by atoms with E-state index in [-0.39, 0.29) is 5.78 Å². The summed E-state index contributed by atoms with van der Waals surface area (Å²) in [6, 6.07) is 0. The molecular weight excluding hydrogens is 160 g/mol. The van der Waals surface area contributed by atoms with Crippen molar-refractivity contribution < 1.29 is 4.79 Å². The summed E-state index contributed by atoms with van der Waals surface area (Å²) >= 11 is 0. The predicted molar refractivity (Wildman–Crippen MR) is 53.4 cm³/mol. The Kier molecular flexibility index (Phi) is 1.86. The van der Waals surface area contributed by atoms with Crippen molar-refractivity contribution in [1.82, 2.24) is 0 Å². The topological polar surface area (TPSA) is 17.1 Å². The van der Waals surface area contributed by atoms with Crippen LogP contribution in [-0.2, 0) is 4.79 Å². The lowest BCUT2D eigenvalue weighted by Gasteiger charge is -2.32. The number of carbonyl (C=O) groups is 1. The molecule has 0 heterocycles. The average molecular weight is 178 g/mol. The first-order valence-corrected chi connectivity index (χ1v) is 5.24. The van der Waals surface area contributed by atoms with E-state index in [4.69, 9.17) is 0 Å². The van der Waals surface area contributed by atoms with Crippen LogP contribution in [0.15, 0.2) is 11.6 Å². The molecule has 0 aromatic carbocycles. The van der Waals surface area contributed by atoms with Crippen LogP contribution in [0.2, 0.25) is 0 Å². The zero-order valence-corrected chi connectivity index (χ0v) is 8.76. The van der Waals surface area contributed by atoms with Crippen molar-refractivity contribution >= 4 is 5.78 Å². The Morgan fingerprint density at radius 2 is 2.15 bits per heavy atom. The molecule has 2 saturated carbocycles. The number of hydrogen-bond acceptors (Lipinski definition) is 1. The summed E-state index contributed by atoms with van der Waals surface area (Å²) in [4.78, 5) is 11.1. The molecule has 0 aromatic rings. The van der Waals surface area contributed by atoms with Gasteiger partial charge in [-0.1, -0.05) is 19.4 Å². The molecule has 0 N–H and O–H groups in total. The lowest BCUT2D eigenvalue weighted by molar-refractivity contribution is -0.112. The highest BCUT2D eigenvalue weighted by Gasteiger charge is 2.48. The van der Waals surface area contributed by atoms with Crippen LogP contribution in [0.1, 0.15) is 40.0 Å². The molecule has 0 radical (unpaired) electrons. The number of ketones is 1. The molecule has 13 heavy (non-hydrogen) atoms. The minimum Gasteiger partial charge on any atom is -0.295 e. The molecule has 1 nitrogen and oxygen atoms in total. The van der Waals surface area contributed by atoms with Crippen LogP contribution in [0.4, 0.5) is 0 Å². The second-order valence-corrected chi connectivity index (χ2v) is 5.14. The summed E-state index contributed by atoms with van der Waals surface area (Å²) in [5.74, 6) is 1.78. The summed E-state index contributed by atoms with van der Waals surface area (Å²) in [5.41, 5.74) is 1.73. The highest BCUT2D eigenvalue weighted by atomic mass is 16.1. The third kappa shape index (κ3) is 1.25. The molecule has 1 heteroatoms. The van der Waals surface area contributed by atoms with Gasteiger partial charge in [-0.15, -0.1) is 0 Å². The fraction of sp³-hybridized carbons (Fsp3) is 0.750. The van der Waals surface area contributed by atoms with Gasteiger partial charge in [0.15, 0.2) is 5.78 Å². The van der Waals surface area contributed by atoms with Crippen molar-refractivity contribution in [3.63, 3.8) is 0 Å². The van der Waals surface area contributed by atoms with Gasteiger partial charge in [0.05, 0.1) is 0 Å². The van der Waals surface area contributed by atoms with Gasteiger partial charge in [0.2, 0.25) is 0 Å². The fourth-order valence-corrected chi connectivity index (χ4v) is 3.20. The van der Waals surface area contributed by atoms with E-state index < -0.39 is 0 Å². The maximum atomic E-state index is 11.1. The van der Waals surface area contributed by atoms with Crippen LogP contribution in [-0.4, -0.2) is 5.78 Å². The first-order valence-electron chi connectivity index (χ1n) is 5.24. The van der Waals surface area contributed by atoms with E-state index in [9.17, 15) is 4.79 Å². The van der Waals surface area contributed by atoms with Gasteiger partial charge < -0.3 is 0 Å². The Morgan fingerprint density at radius 3 is 2.62 bits per heavy atom. The molecule has 0 amide bonds. The smallest absolute Gasteiger partial charge is 0.152 e. The van der Waals surface area contributed by atoms with Gasteiger partial charge >= 0.3 is 0 Å². The van der Waals surface area contributed by atoms with Gasteiger partial charge in [-0.2, -0.15) is 0 Å². The SMILES string of the molecule is CC(=O)/C=C1/C2CCC(C2)C1(C)C. The number of rotatable bonds is 1. The second kappa shape index (κ2) is 2.70. The first kappa shape index (κ1) is 8.98. The van der Waals surface area contributed by atoms with Crippen molar-refractivity contribution in [1.29, 1.82) is 0 Å². The number of fused-ring (bicyclic) bond motifs is 2. The van der Waals surface area contributed by atoms with Crippen LogP contribution in [0.5, 0.6) is 0 Å². The first-order chi connectivity index (χ1) is 6.01. The van der Waals surface area contributed by atoms with E-state index >= 15 is 0 Å². The highest BCUT2D eigenvalue weighted by Crippen LogP contribution is 2.58. The maximum absolute atomic E-state index is 11.1. The van der Waals surface area contributed by atoms with E-state index in [0.717, 1.165) is 11.8 Å². The Morgan fingerprint density at radius 1 is 1.46 bits per heavy atom. The summed E-state index contributed by atoms with van der Waals surface area (Å²) in [6.45, 7) is 6.26. The quantitative estimate of drug-likeness (QED) is 0.564. The van der Waals surface area contributed by atoms with Crippen LogP contribution >= 0.6 is 0 Å². The monoisotopic (exact) mass is 178 g/mol. The third-order valence-electron chi connectivity index (χ3n) is 4.00. The lowest BCUT2D eigenvalue weighted by atomic mass is 9.72. The maximum Gasteiger partial charge on any atom is 0.152 e. The van der Waals surface area contributed by atoms with Crippen LogP contribution in [0.25, 0.3) is 0 Å². The van der Waals surface area contributed by atoms with E-state index in [1.54, 1.807) is 6.92 Å². The lowest BCUT2D eigenvalue weighted by Crippen LogP contribution is -2.23. The van der Waals surface area contributed by atoms with Crippen molar-refractivity contribution in [2.75, 3.05) is 0 Å². The third-order valence-corrected chi connectivity index (χ3v) is 4.00. The van der Waals surface area contributed by atoms with Crippen LogP contribution in [0.3, 0.4) is 0 Å². The van der Waals surface area contributed by atoms with Crippen LogP contribution in [0, 0.1) is 17.3 Å². The van der Waals surface area contributed by atoms with E-state index in [0.29, 0.717) is 5.41 Å². The second-order valence-electron chi connectivity index (χ2n) is 5.14. The van der Waals surface area contributed by atoms with E-state index in [1.165, 1.54) is 24.8 Å². The summed E-state index contributed by atoms with van der Waals surface area (Å²) in [6.07, 6.45) is 5.90. The molecule has 2 bridgehead atoms. The molecule has 2 aliphatic carbocycles. The number of carbonyl (C=O) groups excluding carboxylic acids is 1. The average Bonchev–Trinajstić information content (AvgIpc) is 2.53. The highest BCUT2D eigenvalue weighted by molar-refractivity contribution is 5.88. The predicted octanol–water partition coefficient (Wildman–Crippen LogP) is 2.96. The van der Waals surface area contributed by atoms with Crippen molar-refractivity contribution in [2.45, 2.75) is 40.0 Å². The summed E-state index contributed by atoms with van der Waals surface area (Å²) < 4.78 is 0. The molecular formula is C12H18O. The van der Waals surface area contributed by atoms with E-state index in [1.807, 2.05) is 6.08 Å². The zero-order valence-electron chi connectivity index (χ0n) is 8.76. The molecule has 2 atom stereocenters. The molecule has 2 rings (SSSR count). The van der Waals surface area contributed by atoms with Gasteiger partial charge in [0, 0.05) is 0 Å². The van der Waals surface area contributed by atoms with Crippen molar-refractivity contribution in [3.05, 3.63) is 11.6 Å². The van der Waals surface area contributed by atoms with Gasteiger partial charge in [-0.05, 0) is 49.5 Å². The Balaban J connectivity index is 2.34. The molecule has 0 saturated heterocycles. The summed E-state index contributed by atoms with van der Waals surface area (Å²) in [7, 11) is 0. The van der Waals surface area contributed by atoms with Gasteiger partial charge in [-0.3, -0.25) is 4.79 Å². The van der Waals surface area contributed by atoms with Gasteiger partial charge in [0.1, 0.15) is 0 Å². The van der Waals surface area contributed by atoms with Crippen molar-refractivity contribution in [2.24, 2.45) is 17.3 Å². The molecule has 0 aromatic heterocycles. The molecule has 2 unspecified atom stereocenters. The summed E-state index contributed by atoms with van der Waals surface area (Å²) in [5, 5.41) is 0. The largest absolute Gasteiger partial charge is 0.295 e. The zero-order chi connectivity index (χ0) is 9.64. The van der Waals surface area contributed by atoms with Gasteiger partial charge in [0.25, 0.3) is 0 Å². The molecule has 2 fully saturated rings. The minimum absolute atomic E-state index is 0.218. The standard InChI is InChI=1S/C12H18O/c1-8(13)6-11-9-4-5-10(7-9)12(11,2)3/h6,9-10H,4-5,7H2,1-3H3/b11-6-. The van der Waals surface area contributed by atoms with Gasteiger partial charge in [-0.25, -0.2) is 0 Å².